The van der Waals surface area contributed by atoms with Gasteiger partial charge in [-0.2, -0.15) is 0 Å². The van der Waals surface area contributed by atoms with E-state index in [1.165, 1.54) is 32.4 Å². The van der Waals surface area contributed by atoms with Crippen molar-refractivity contribution in [3.05, 3.63) is 18.2 Å². The predicted molar refractivity (Wildman–Crippen MR) is 77.5 cm³/mol. The van der Waals surface area contributed by atoms with Crippen LogP contribution in [0, 0.1) is 5.92 Å². The SMILES string of the molecule is CNS(=O)(=O)c1ccc(NC(C)C2CCC2)c(N)c1. The summed E-state index contributed by atoms with van der Waals surface area (Å²) in [5.41, 5.74) is 7.19. The number of sulfonamides is 1. The van der Waals surface area contributed by atoms with Crippen LogP contribution in [0.3, 0.4) is 0 Å². The topological polar surface area (TPSA) is 84.2 Å². The van der Waals surface area contributed by atoms with Crippen LogP contribution in [0.15, 0.2) is 23.1 Å². The van der Waals surface area contributed by atoms with Crippen molar-refractivity contribution in [1.82, 2.24) is 4.72 Å². The highest BCUT2D eigenvalue weighted by molar-refractivity contribution is 7.89. The molecule has 6 heteroatoms. The first-order valence-electron chi connectivity index (χ1n) is 6.53. The molecule has 0 radical (unpaired) electrons. The molecule has 106 valence electrons. The van der Waals surface area contributed by atoms with Gasteiger partial charge in [0.05, 0.1) is 16.3 Å². The normalized spacial score (nSPS) is 17.8. The van der Waals surface area contributed by atoms with E-state index in [4.69, 9.17) is 5.73 Å². The zero-order valence-corrected chi connectivity index (χ0v) is 12.1. The standard InChI is InChI=1S/C13H21N3O2S/c1-9(10-4-3-5-10)16-13-7-6-11(8-12(13)14)19(17,18)15-2/h6-10,15-16H,3-5,14H2,1-2H3. The Kier molecular flexibility index (Phi) is 4.01. The van der Waals surface area contributed by atoms with E-state index in [-0.39, 0.29) is 4.90 Å². The lowest BCUT2D eigenvalue weighted by atomic mass is 9.80. The molecule has 5 nitrogen and oxygen atoms in total. The molecule has 0 bridgehead atoms. The van der Waals surface area contributed by atoms with Gasteiger partial charge in [0.15, 0.2) is 0 Å². The van der Waals surface area contributed by atoms with E-state index in [1.54, 1.807) is 12.1 Å². The molecule has 0 spiro atoms. The molecule has 1 atom stereocenters. The fraction of sp³-hybridized carbons (Fsp3) is 0.538. The number of benzene rings is 1. The molecule has 4 N–H and O–H groups in total. The minimum atomic E-state index is -3.43. The van der Waals surface area contributed by atoms with E-state index >= 15 is 0 Å². The Morgan fingerprint density at radius 2 is 2.05 bits per heavy atom. The lowest BCUT2D eigenvalue weighted by Crippen LogP contribution is -2.31. The number of nitrogens with two attached hydrogens (primary N) is 1. The molecule has 0 amide bonds. The first-order valence-corrected chi connectivity index (χ1v) is 8.02. The molecular weight excluding hydrogens is 262 g/mol. The molecule has 1 unspecified atom stereocenters. The first-order chi connectivity index (χ1) is 8.94. The summed E-state index contributed by atoms with van der Waals surface area (Å²) in [6, 6.07) is 5.15. The molecule has 0 saturated heterocycles. The lowest BCUT2D eigenvalue weighted by molar-refractivity contribution is 0.285. The molecule has 0 heterocycles. The van der Waals surface area contributed by atoms with Gasteiger partial charge in [0, 0.05) is 6.04 Å². The van der Waals surface area contributed by atoms with Gasteiger partial charge in [-0.05, 0) is 50.9 Å². The van der Waals surface area contributed by atoms with E-state index in [1.807, 2.05) is 0 Å². The van der Waals surface area contributed by atoms with Crippen LogP contribution in [-0.2, 0) is 10.0 Å². The second-order valence-corrected chi connectivity index (χ2v) is 6.97. The van der Waals surface area contributed by atoms with Gasteiger partial charge in [0.1, 0.15) is 0 Å². The van der Waals surface area contributed by atoms with Crippen LogP contribution in [0.2, 0.25) is 0 Å². The summed E-state index contributed by atoms with van der Waals surface area (Å²) < 4.78 is 25.6. The van der Waals surface area contributed by atoms with E-state index < -0.39 is 10.0 Å². The van der Waals surface area contributed by atoms with Crippen molar-refractivity contribution < 1.29 is 8.42 Å². The Bertz CT molecular complexity index is 553. The lowest BCUT2D eigenvalue weighted by Gasteiger charge is -2.32. The van der Waals surface area contributed by atoms with Crippen molar-refractivity contribution in [3.63, 3.8) is 0 Å². The van der Waals surface area contributed by atoms with Crippen molar-refractivity contribution in [1.29, 1.82) is 0 Å². The van der Waals surface area contributed by atoms with Gasteiger partial charge in [-0.15, -0.1) is 0 Å². The average molecular weight is 283 g/mol. The van der Waals surface area contributed by atoms with Crippen molar-refractivity contribution in [3.8, 4) is 0 Å². The van der Waals surface area contributed by atoms with Gasteiger partial charge in [0.25, 0.3) is 0 Å². The Morgan fingerprint density at radius 3 is 2.53 bits per heavy atom. The number of nitrogen functional groups attached to an aromatic ring is 1. The van der Waals surface area contributed by atoms with E-state index in [9.17, 15) is 8.42 Å². The van der Waals surface area contributed by atoms with Crippen LogP contribution < -0.4 is 15.8 Å². The van der Waals surface area contributed by atoms with Crippen LogP contribution in [0.25, 0.3) is 0 Å². The maximum absolute atomic E-state index is 11.7. The monoisotopic (exact) mass is 283 g/mol. The summed E-state index contributed by atoms with van der Waals surface area (Å²) >= 11 is 0. The Hall–Kier alpha value is -1.27. The smallest absolute Gasteiger partial charge is 0.240 e. The van der Waals surface area contributed by atoms with E-state index in [2.05, 4.69) is 17.0 Å². The molecule has 0 aliphatic heterocycles. The molecule has 19 heavy (non-hydrogen) atoms. The third-order valence-electron chi connectivity index (χ3n) is 3.84. The summed E-state index contributed by atoms with van der Waals surface area (Å²) in [5, 5.41) is 3.37. The zero-order valence-electron chi connectivity index (χ0n) is 11.3. The van der Waals surface area contributed by atoms with Crippen LogP contribution >= 0.6 is 0 Å². The van der Waals surface area contributed by atoms with Crippen LogP contribution in [-0.4, -0.2) is 21.5 Å². The number of anilines is 2. The summed E-state index contributed by atoms with van der Waals surface area (Å²) in [7, 11) is -2.05. The van der Waals surface area contributed by atoms with E-state index in [0.717, 1.165) is 5.69 Å². The van der Waals surface area contributed by atoms with Gasteiger partial charge in [-0.25, -0.2) is 13.1 Å². The molecule has 1 fully saturated rings. The summed E-state index contributed by atoms with van der Waals surface area (Å²) in [6.45, 7) is 2.14. The maximum Gasteiger partial charge on any atom is 0.240 e. The summed E-state index contributed by atoms with van der Waals surface area (Å²) in [4.78, 5) is 0.189. The molecular formula is C13H21N3O2S. The third kappa shape index (κ3) is 3.01. The quantitative estimate of drug-likeness (QED) is 0.719. The molecule has 1 aliphatic rings. The molecule has 2 rings (SSSR count). The van der Waals surface area contributed by atoms with Gasteiger partial charge >= 0.3 is 0 Å². The second kappa shape index (κ2) is 5.38. The fourth-order valence-electron chi connectivity index (χ4n) is 2.26. The summed E-state index contributed by atoms with van der Waals surface area (Å²) in [5.74, 6) is 0.695. The first kappa shape index (κ1) is 14.1. The third-order valence-corrected chi connectivity index (χ3v) is 5.25. The van der Waals surface area contributed by atoms with Gasteiger partial charge in [-0.1, -0.05) is 6.42 Å². The van der Waals surface area contributed by atoms with Crippen LogP contribution in [0.4, 0.5) is 11.4 Å². The zero-order chi connectivity index (χ0) is 14.0. The highest BCUT2D eigenvalue weighted by Crippen LogP contribution is 2.32. The molecule has 1 saturated carbocycles. The molecule has 1 aliphatic carbocycles. The number of hydrogen-bond donors (Lipinski definition) is 3. The van der Waals surface area contributed by atoms with Crippen molar-refractivity contribution >= 4 is 21.4 Å². The van der Waals surface area contributed by atoms with Gasteiger partial charge < -0.3 is 11.1 Å². The highest BCUT2D eigenvalue weighted by atomic mass is 32.2. The minimum absolute atomic E-state index is 0.189. The Labute approximate surface area is 114 Å². The maximum atomic E-state index is 11.7. The number of nitrogens with one attached hydrogen (secondary N) is 2. The minimum Gasteiger partial charge on any atom is -0.397 e. The van der Waals surface area contributed by atoms with Gasteiger partial charge in [0.2, 0.25) is 10.0 Å². The predicted octanol–water partition coefficient (Wildman–Crippen LogP) is 1.78. The highest BCUT2D eigenvalue weighted by Gasteiger charge is 2.24. The Morgan fingerprint density at radius 1 is 1.37 bits per heavy atom. The van der Waals surface area contributed by atoms with Crippen LogP contribution in [0.5, 0.6) is 0 Å². The molecule has 1 aromatic rings. The van der Waals surface area contributed by atoms with Crippen molar-refractivity contribution in [2.45, 2.75) is 37.1 Å². The largest absolute Gasteiger partial charge is 0.397 e. The number of hydrogen-bond acceptors (Lipinski definition) is 4. The van der Waals surface area contributed by atoms with Crippen LogP contribution in [0.1, 0.15) is 26.2 Å². The van der Waals surface area contributed by atoms with Crippen molar-refractivity contribution in [2.24, 2.45) is 5.92 Å². The molecule has 0 aromatic heterocycles. The van der Waals surface area contributed by atoms with E-state index in [0.29, 0.717) is 17.6 Å². The average Bonchev–Trinajstić information content (AvgIpc) is 2.29. The Balaban J connectivity index is 2.15. The number of rotatable bonds is 5. The molecule has 1 aromatic carbocycles. The van der Waals surface area contributed by atoms with Gasteiger partial charge in [-0.3, -0.25) is 0 Å². The summed E-state index contributed by atoms with van der Waals surface area (Å²) in [6.07, 6.45) is 3.80. The fourth-order valence-corrected chi connectivity index (χ4v) is 3.03. The second-order valence-electron chi connectivity index (χ2n) is 5.08. The van der Waals surface area contributed by atoms with Crippen molar-refractivity contribution in [2.75, 3.05) is 18.1 Å².